The van der Waals surface area contributed by atoms with Crippen LogP contribution in [-0.2, 0) is 6.42 Å². The number of hydrogen-bond acceptors (Lipinski definition) is 5. The number of thiophene rings is 1. The second-order valence-electron chi connectivity index (χ2n) is 5.64. The summed E-state index contributed by atoms with van der Waals surface area (Å²) in [6.45, 7) is 0. The summed E-state index contributed by atoms with van der Waals surface area (Å²) < 4.78 is 0.955. The minimum Gasteiger partial charge on any atom is -0.388 e. The quantitative estimate of drug-likeness (QED) is 0.547. The summed E-state index contributed by atoms with van der Waals surface area (Å²) in [4.78, 5) is 25.1. The van der Waals surface area contributed by atoms with E-state index < -0.39 is 12.0 Å². The van der Waals surface area contributed by atoms with Gasteiger partial charge < -0.3 is 5.11 Å². The lowest BCUT2D eigenvalue weighted by Gasteiger charge is -2.19. The van der Waals surface area contributed by atoms with Gasteiger partial charge in [0.25, 0.3) is 11.8 Å². The van der Waals surface area contributed by atoms with E-state index in [1.165, 1.54) is 23.1 Å². The lowest BCUT2D eigenvalue weighted by Crippen LogP contribution is -2.41. The zero-order chi connectivity index (χ0) is 18.0. The van der Waals surface area contributed by atoms with Crippen LogP contribution in [0.2, 0.25) is 5.02 Å². The molecule has 0 saturated carbocycles. The van der Waals surface area contributed by atoms with Crippen molar-refractivity contribution in [1.82, 2.24) is 10.9 Å². The van der Waals surface area contributed by atoms with Gasteiger partial charge in [-0.1, -0.05) is 11.6 Å². The first-order valence-corrected chi connectivity index (χ1v) is 10.2. The molecule has 1 aromatic carbocycles. The third-order valence-electron chi connectivity index (χ3n) is 4.04. The molecule has 132 valence electrons. The summed E-state index contributed by atoms with van der Waals surface area (Å²) in [5.41, 5.74) is 7.05. The number of carbonyl (C=O) groups excluding carboxylic acids is 2. The normalized spacial score (nSPS) is 16.2. The molecule has 5 nitrogen and oxygen atoms in total. The van der Waals surface area contributed by atoms with Crippen LogP contribution in [0.1, 0.15) is 50.1 Å². The van der Waals surface area contributed by atoms with E-state index in [9.17, 15) is 14.7 Å². The van der Waals surface area contributed by atoms with Gasteiger partial charge in [-0.25, -0.2) is 0 Å². The maximum absolute atomic E-state index is 12.5. The maximum Gasteiger partial charge on any atom is 0.280 e. The summed E-state index contributed by atoms with van der Waals surface area (Å²) in [6, 6.07) is 6.39. The fourth-order valence-electron chi connectivity index (χ4n) is 2.84. The molecule has 8 heteroatoms. The molecule has 2 amide bonds. The summed E-state index contributed by atoms with van der Waals surface area (Å²) in [7, 11) is 0. The van der Waals surface area contributed by atoms with Crippen molar-refractivity contribution in [3.05, 3.63) is 50.9 Å². The van der Waals surface area contributed by atoms with Gasteiger partial charge in [0.15, 0.2) is 0 Å². The Bertz CT molecular complexity index is 805. The number of aliphatic hydroxyl groups is 1. The van der Waals surface area contributed by atoms with Crippen LogP contribution in [0.15, 0.2) is 28.5 Å². The molecule has 3 N–H and O–H groups in total. The molecular weight excluding hydrogens is 380 g/mol. The highest BCUT2D eigenvalue weighted by Gasteiger charge is 2.29. The van der Waals surface area contributed by atoms with Gasteiger partial charge in [0.1, 0.15) is 0 Å². The summed E-state index contributed by atoms with van der Waals surface area (Å²) in [5, 5.41) is 10.8. The molecule has 0 bridgehead atoms. The van der Waals surface area contributed by atoms with Crippen LogP contribution in [0.25, 0.3) is 0 Å². The molecule has 0 spiro atoms. The number of hydrazine groups is 1. The Kier molecular flexibility index (Phi) is 5.68. The molecule has 2 aromatic rings. The molecule has 1 unspecified atom stereocenters. The number of halogens is 1. The second-order valence-corrected chi connectivity index (χ2v) is 8.17. The smallest absolute Gasteiger partial charge is 0.280 e. The van der Waals surface area contributed by atoms with E-state index in [1.54, 1.807) is 24.3 Å². The number of fused-ring (bicyclic) bond motifs is 1. The van der Waals surface area contributed by atoms with E-state index in [1.807, 2.05) is 6.26 Å². The van der Waals surface area contributed by atoms with Crippen molar-refractivity contribution in [2.24, 2.45) is 0 Å². The third kappa shape index (κ3) is 3.84. The minimum absolute atomic E-state index is 0.363. The number of aliphatic hydroxyl groups excluding tert-OH is 1. The Morgan fingerprint density at radius 2 is 1.92 bits per heavy atom. The van der Waals surface area contributed by atoms with E-state index in [0.29, 0.717) is 21.9 Å². The molecule has 0 aliphatic heterocycles. The van der Waals surface area contributed by atoms with Crippen LogP contribution >= 0.6 is 34.7 Å². The van der Waals surface area contributed by atoms with E-state index in [-0.39, 0.29) is 5.91 Å². The van der Waals surface area contributed by atoms with Crippen LogP contribution in [0.3, 0.4) is 0 Å². The number of nitrogens with one attached hydrogen (secondary N) is 2. The average Bonchev–Trinajstić information content (AvgIpc) is 3.00. The van der Waals surface area contributed by atoms with Gasteiger partial charge in [0.2, 0.25) is 0 Å². The minimum atomic E-state index is -0.521. The standard InChI is InChI=1S/C17H17ClN2O3S2/c1-24-17-13-11(3-2-4-12(13)21)14(25-17)16(23)20-19-15(22)9-5-7-10(18)8-6-9/h5-8,12,21H,2-4H2,1H3,(H,19,22)(H,20,23). The molecule has 1 aliphatic carbocycles. The summed E-state index contributed by atoms with van der Waals surface area (Å²) in [6.07, 6.45) is 3.73. The molecule has 0 radical (unpaired) electrons. The molecule has 1 atom stereocenters. The Morgan fingerprint density at radius 3 is 2.60 bits per heavy atom. The van der Waals surface area contributed by atoms with Crippen LogP contribution in [-0.4, -0.2) is 23.2 Å². The molecule has 3 rings (SSSR count). The summed E-state index contributed by atoms with van der Waals surface area (Å²) >= 11 is 8.68. The highest BCUT2D eigenvalue weighted by molar-refractivity contribution is 8.00. The predicted molar refractivity (Wildman–Crippen MR) is 100 cm³/mol. The van der Waals surface area contributed by atoms with Crippen LogP contribution < -0.4 is 10.9 Å². The van der Waals surface area contributed by atoms with Gasteiger partial charge in [-0.15, -0.1) is 23.1 Å². The Morgan fingerprint density at radius 1 is 1.24 bits per heavy atom. The van der Waals surface area contributed by atoms with Crippen molar-refractivity contribution in [2.75, 3.05) is 6.26 Å². The van der Waals surface area contributed by atoms with E-state index in [4.69, 9.17) is 11.6 Å². The van der Waals surface area contributed by atoms with Crippen molar-refractivity contribution >= 4 is 46.5 Å². The Hall–Kier alpha value is -1.54. The van der Waals surface area contributed by atoms with E-state index in [0.717, 1.165) is 28.2 Å². The first kappa shape index (κ1) is 18.3. The average molecular weight is 397 g/mol. The molecule has 1 heterocycles. The Balaban J connectivity index is 1.73. The van der Waals surface area contributed by atoms with Crippen molar-refractivity contribution in [3.63, 3.8) is 0 Å². The number of amides is 2. The van der Waals surface area contributed by atoms with Gasteiger partial charge in [0.05, 0.1) is 15.2 Å². The number of carbonyl (C=O) groups is 2. The highest BCUT2D eigenvalue weighted by Crippen LogP contribution is 2.43. The van der Waals surface area contributed by atoms with Crippen molar-refractivity contribution in [1.29, 1.82) is 0 Å². The van der Waals surface area contributed by atoms with Gasteiger partial charge in [-0.2, -0.15) is 0 Å². The largest absolute Gasteiger partial charge is 0.388 e. The molecule has 1 aromatic heterocycles. The van der Waals surface area contributed by atoms with E-state index >= 15 is 0 Å². The van der Waals surface area contributed by atoms with Gasteiger partial charge in [-0.05, 0) is 55.3 Å². The summed E-state index contributed by atoms with van der Waals surface area (Å²) in [5.74, 6) is -0.779. The number of hydrogen-bond donors (Lipinski definition) is 3. The van der Waals surface area contributed by atoms with Crippen molar-refractivity contribution in [3.8, 4) is 0 Å². The molecule has 1 aliphatic rings. The number of benzene rings is 1. The first-order valence-electron chi connectivity index (χ1n) is 7.75. The number of thioether (sulfide) groups is 1. The SMILES string of the molecule is CSc1sc(C(=O)NNC(=O)c2ccc(Cl)cc2)c2c1C(O)CCC2. The Labute approximate surface area is 158 Å². The predicted octanol–water partition coefficient (Wildman–Crippen LogP) is 3.57. The fourth-order valence-corrected chi connectivity index (χ4v) is 5.06. The fraction of sp³-hybridized carbons (Fsp3) is 0.294. The van der Waals surface area contributed by atoms with Crippen LogP contribution in [0.4, 0.5) is 0 Å². The van der Waals surface area contributed by atoms with Crippen molar-refractivity contribution in [2.45, 2.75) is 29.6 Å². The molecule has 0 fully saturated rings. The first-order chi connectivity index (χ1) is 12.0. The van der Waals surface area contributed by atoms with Crippen LogP contribution in [0.5, 0.6) is 0 Å². The number of rotatable bonds is 3. The highest BCUT2D eigenvalue weighted by atomic mass is 35.5. The third-order valence-corrected chi connectivity index (χ3v) is 6.67. The molecular formula is C17H17ClN2O3S2. The maximum atomic E-state index is 12.5. The zero-order valence-corrected chi connectivity index (χ0v) is 15.9. The van der Waals surface area contributed by atoms with E-state index in [2.05, 4.69) is 10.9 Å². The molecule has 25 heavy (non-hydrogen) atoms. The monoisotopic (exact) mass is 396 g/mol. The lowest BCUT2D eigenvalue weighted by molar-refractivity contribution is 0.0847. The zero-order valence-electron chi connectivity index (χ0n) is 13.5. The van der Waals surface area contributed by atoms with Gasteiger partial charge in [-0.3, -0.25) is 20.4 Å². The van der Waals surface area contributed by atoms with Crippen molar-refractivity contribution < 1.29 is 14.7 Å². The topological polar surface area (TPSA) is 78.4 Å². The van der Waals surface area contributed by atoms with Gasteiger partial charge in [0, 0.05) is 16.1 Å². The van der Waals surface area contributed by atoms with Gasteiger partial charge >= 0.3 is 0 Å². The molecule has 0 saturated heterocycles. The van der Waals surface area contributed by atoms with Crippen LogP contribution in [0, 0.1) is 0 Å². The lowest BCUT2D eigenvalue weighted by atomic mass is 9.91. The second kappa shape index (κ2) is 7.78.